The molecule has 58 valence electrons. The Kier molecular flexibility index (Phi) is 2.54. The Morgan fingerprint density at radius 2 is 2.27 bits per heavy atom. The number of carbonyl (C=O) groups is 1. The highest BCUT2D eigenvalue weighted by Gasteiger charge is 2.01. The van der Waals surface area contributed by atoms with E-state index in [9.17, 15) is 4.79 Å². The minimum Gasteiger partial charge on any atom is -0.399 e. The van der Waals surface area contributed by atoms with Crippen LogP contribution in [0.4, 0.5) is 5.69 Å². The van der Waals surface area contributed by atoms with Gasteiger partial charge in [0.05, 0.1) is 0 Å². The molecule has 11 heavy (non-hydrogen) atoms. The molecule has 2 nitrogen and oxygen atoms in total. The predicted molar refractivity (Wildman–Crippen MR) is 48.7 cm³/mol. The quantitative estimate of drug-likeness (QED) is 0.648. The first-order valence-corrected chi connectivity index (χ1v) is 4.40. The lowest BCUT2D eigenvalue weighted by Crippen LogP contribution is -1.93. The lowest BCUT2D eigenvalue weighted by molar-refractivity contribution is 0.108. The summed E-state index contributed by atoms with van der Waals surface area (Å²) in [7, 11) is 0. The van der Waals surface area contributed by atoms with E-state index in [2.05, 4.69) is 0 Å². The van der Waals surface area contributed by atoms with Gasteiger partial charge < -0.3 is 5.73 Å². The third-order valence-electron chi connectivity index (χ3n) is 1.31. The molecule has 0 amide bonds. The van der Waals surface area contributed by atoms with E-state index in [4.69, 9.17) is 5.73 Å². The van der Waals surface area contributed by atoms with Crippen molar-refractivity contribution >= 4 is 22.6 Å². The van der Waals surface area contributed by atoms with Crippen LogP contribution in [0.3, 0.4) is 0 Å². The average Bonchev–Trinajstić information content (AvgIpc) is 2.03. The summed E-state index contributed by atoms with van der Waals surface area (Å²) in [6.45, 7) is 0. The van der Waals surface area contributed by atoms with Crippen molar-refractivity contribution < 1.29 is 4.79 Å². The summed E-state index contributed by atoms with van der Waals surface area (Å²) in [5.41, 5.74) is 6.78. The standard InChI is InChI=1S/C8H9NOS/c1-11-8(10)6-3-2-4-7(9)5-6/h2-5H,9H2,1H3. The lowest BCUT2D eigenvalue weighted by atomic mass is 10.2. The molecule has 0 radical (unpaired) electrons. The number of benzene rings is 1. The van der Waals surface area contributed by atoms with Crippen LogP contribution in [0, 0.1) is 0 Å². The molecule has 0 aromatic heterocycles. The van der Waals surface area contributed by atoms with Crippen LogP contribution in [0.15, 0.2) is 24.3 Å². The number of hydrogen-bond acceptors (Lipinski definition) is 3. The molecule has 0 fully saturated rings. The monoisotopic (exact) mass is 167 g/mol. The molecule has 0 spiro atoms. The zero-order chi connectivity index (χ0) is 8.27. The van der Waals surface area contributed by atoms with Gasteiger partial charge in [0.25, 0.3) is 0 Å². The Labute approximate surface area is 69.8 Å². The average molecular weight is 167 g/mol. The van der Waals surface area contributed by atoms with Gasteiger partial charge in [-0.05, 0) is 18.4 Å². The Morgan fingerprint density at radius 3 is 2.82 bits per heavy atom. The van der Waals surface area contributed by atoms with Gasteiger partial charge >= 0.3 is 0 Å². The van der Waals surface area contributed by atoms with Crippen molar-refractivity contribution in [2.75, 3.05) is 12.0 Å². The van der Waals surface area contributed by atoms with E-state index >= 15 is 0 Å². The number of nitrogens with two attached hydrogens (primary N) is 1. The maximum atomic E-state index is 11.1. The molecule has 3 heteroatoms. The van der Waals surface area contributed by atoms with Crippen LogP contribution in [-0.2, 0) is 0 Å². The van der Waals surface area contributed by atoms with Gasteiger partial charge in [-0.3, -0.25) is 4.79 Å². The molecule has 1 rings (SSSR count). The normalized spacial score (nSPS) is 9.55. The second-order valence-electron chi connectivity index (χ2n) is 2.12. The number of nitrogen functional groups attached to an aromatic ring is 1. The number of carbonyl (C=O) groups excluding carboxylic acids is 1. The summed E-state index contributed by atoms with van der Waals surface area (Å²) in [6.07, 6.45) is 1.76. The van der Waals surface area contributed by atoms with E-state index in [0.717, 1.165) is 0 Å². The van der Waals surface area contributed by atoms with E-state index in [1.165, 1.54) is 11.8 Å². The first-order valence-electron chi connectivity index (χ1n) is 3.18. The molecular weight excluding hydrogens is 158 g/mol. The fourth-order valence-electron chi connectivity index (χ4n) is 0.783. The largest absolute Gasteiger partial charge is 0.399 e. The molecule has 0 bridgehead atoms. The SMILES string of the molecule is CSC(=O)c1cccc(N)c1. The summed E-state index contributed by atoms with van der Waals surface area (Å²) >= 11 is 1.19. The molecular formula is C8H9NOS. The van der Waals surface area contributed by atoms with Gasteiger partial charge in [-0.15, -0.1) is 0 Å². The van der Waals surface area contributed by atoms with Crippen LogP contribution in [0.2, 0.25) is 0 Å². The van der Waals surface area contributed by atoms with Crippen LogP contribution in [0.1, 0.15) is 10.4 Å². The molecule has 0 unspecified atom stereocenters. The molecule has 0 aliphatic rings. The van der Waals surface area contributed by atoms with Crippen molar-refractivity contribution in [3.8, 4) is 0 Å². The van der Waals surface area contributed by atoms with Gasteiger partial charge in [0, 0.05) is 11.3 Å². The van der Waals surface area contributed by atoms with E-state index in [-0.39, 0.29) is 5.12 Å². The summed E-state index contributed by atoms with van der Waals surface area (Å²) in [6, 6.07) is 6.98. The minimum absolute atomic E-state index is 0.0531. The second-order valence-corrected chi connectivity index (χ2v) is 2.90. The third-order valence-corrected chi connectivity index (χ3v) is 1.91. The van der Waals surface area contributed by atoms with Crippen molar-refractivity contribution in [3.05, 3.63) is 29.8 Å². The van der Waals surface area contributed by atoms with E-state index < -0.39 is 0 Å². The number of rotatable bonds is 1. The van der Waals surface area contributed by atoms with Gasteiger partial charge in [0.2, 0.25) is 5.12 Å². The predicted octanol–water partition coefficient (Wildman–Crippen LogP) is 1.77. The summed E-state index contributed by atoms with van der Waals surface area (Å²) in [5.74, 6) is 0. The molecule has 0 aliphatic heterocycles. The smallest absolute Gasteiger partial charge is 0.219 e. The highest BCUT2D eigenvalue weighted by atomic mass is 32.2. The molecule has 2 N–H and O–H groups in total. The van der Waals surface area contributed by atoms with Gasteiger partial charge in [0.1, 0.15) is 0 Å². The van der Waals surface area contributed by atoms with Crippen molar-refractivity contribution in [2.24, 2.45) is 0 Å². The molecule has 0 aliphatic carbocycles. The Bertz CT molecular complexity index is 273. The summed E-state index contributed by atoms with van der Waals surface area (Å²) in [4.78, 5) is 11.1. The van der Waals surface area contributed by atoms with E-state index in [1.807, 2.05) is 0 Å². The molecule has 0 saturated carbocycles. The van der Waals surface area contributed by atoms with Crippen molar-refractivity contribution in [1.82, 2.24) is 0 Å². The van der Waals surface area contributed by atoms with Gasteiger partial charge in [0.15, 0.2) is 0 Å². The second kappa shape index (κ2) is 3.44. The topological polar surface area (TPSA) is 43.1 Å². The molecule has 0 saturated heterocycles. The summed E-state index contributed by atoms with van der Waals surface area (Å²) < 4.78 is 0. The van der Waals surface area contributed by atoms with Gasteiger partial charge in [-0.1, -0.05) is 23.9 Å². The number of anilines is 1. The van der Waals surface area contributed by atoms with Crippen LogP contribution in [0.5, 0.6) is 0 Å². The van der Waals surface area contributed by atoms with Crippen LogP contribution in [0.25, 0.3) is 0 Å². The van der Waals surface area contributed by atoms with Crippen molar-refractivity contribution in [3.63, 3.8) is 0 Å². The van der Waals surface area contributed by atoms with Crippen LogP contribution in [-0.4, -0.2) is 11.4 Å². The van der Waals surface area contributed by atoms with E-state index in [1.54, 1.807) is 30.5 Å². The lowest BCUT2D eigenvalue weighted by Gasteiger charge is -1.97. The van der Waals surface area contributed by atoms with Gasteiger partial charge in [-0.2, -0.15) is 0 Å². The van der Waals surface area contributed by atoms with Crippen LogP contribution < -0.4 is 5.73 Å². The maximum Gasteiger partial charge on any atom is 0.219 e. The Morgan fingerprint density at radius 1 is 1.55 bits per heavy atom. The van der Waals surface area contributed by atoms with E-state index in [0.29, 0.717) is 11.3 Å². The van der Waals surface area contributed by atoms with Crippen LogP contribution >= 0.6 is 11.8 Å². The summed E-state index contributed by atoms with van der Waals surface area (Å²) in [5, 5.41) is 0.0531. The molecule has 1 aromatic rings. The number of thioether (sulfide) groups is 1. The first kappa shape index (κ1) is 8.14. The highest BCUT2D eigenvalue weighted by Crippen LogP contribution is 2.12. The Balaban J connectivity index is 2.96. The maximum absolute atomic E-state index is 11.1. The molecule has 1 aromatic carbocycles. The van der Waals surface area contributed by atoms with Gasteiger partial charge in [-0.25, -0.2) is 0 Å². The minimum atomic E-state index is 0.0531. The first-order chi connectivity index (χ1) is 5.24. The molecule has 0 atom stereocenters. The fraction of sp³-hybridized carbons (Fsp3) is 0.125. The number of hydrogen-bond donors (Lipinski definition) is 1. The Hall–Kier alpha value is -0.960. The zero-order valence-corrected chi connectivity index (χ0v) is 7.02. The van der Waals surface area contributed by atoms with Crippen molar-refractivity contribution in [1.29, 1.82) is 0 Å². The zero-order valence-electron chi connectivity index (χ0n) is 6.20. The third kappa shape index (κ3) is 1.98. The highest BCUT2D eigenvalue weighted by molar-refractivity contribution is 8.13. The fourth-order valence-corrected chi connectivity index (χ4v) is 1.15. The van der Waals surface area contributed by atoms with Crippen molar-refractivity contribution in [2.45, 2.75) is 0 Å². The molecule has 0 heterocycles.